The van der Waals surface area contributed by atoms with E-state index in [1.165, 1.54) is 17.4 Å². The lowest BCUT2D eigenvalue weighted by Gasteiger charge is -2.39. The summed E-state index contributed by atoms with van der Waals surface area (Å²) >= 11 is 7.43. The Balaban J connectivity index is 1.31. The van der Waals surface area contributed by atoms with Crippen molar-refractivity contribution in [3.05, 3.63) is 64.8 Å². The molecule has 0 unspecified atom stereocenters. The van der Waals surface area contributed by atoms with Crippen molar-refractivity contribution in [2.24, 2.45) is 0 Å². The molecule has 1 atom stereocenters. The summed E-state index contributed by atoms with van der Waals surface area (Å²) in [4.78, 5) is 20.4. The molecule has 2 heterocycles. The van der Waals surface area contributed by atoms with Crippen molar-refractivity contribution >= 4 is 34.0 Å². The molecule has 0 aliphatic carbocycles. The molecule has 1 aliphatic rings. The molecule has 0 saturated carbocycles. The molecule has 0 radical (unpaired) electrons. The van der Waals surface area contributed by atoms with Crippen LogP contribution in [0.3, 0.4) is 0 Å². The van der Waals surface area contributed by atoms with E-state index in [1.54, 1.807) is 24.4 Å². The quantitative estimate of drug-likeness (QED) is 0.465. The van der Waals surface area contributed by atoms with Gasteiger partial charge in [-0.05, 0) is 48.9 Å². The van der Waals surface area contributed by atoms with Gasteiger partial charge in [0, 0.05) is 49.0 Å². The van der Waals surface area contributed by atoms with Crippen LogP contribution in [0.15, 0.2) is 42.6 Å². The van der Waals surface area contributed by atoms with Crippen LogP contribution in [0, 0.1) is 11.6 Å². The fourth-order valence-electron chi connectivity index (χ4n) is 3.98. The number of rotatable bonds is 8. The Bertz CT molecular complexity index is 1180. The van der Waals surface area contributed by atoms with Gasteiger partial charge in [0.15, 0.2) is 5.13 Å². The second-order valence-electron chi connectivity index (χ2n) is 8.18. The molecule has 180 valence electrons. The summed E-state index contributed by atoms with van der Waals surface area (Å²) in [6, 6.07) is 8.65. The maximum atomic E-state index is 14.1. The SMILES string of the molecule is C[C@H]1CN(c2ncc(-c3cc(F)ccc3F)s2)CCN1CCOc1cc(Cl)cc(CC(=O)O)c1. The van der Waals surface area contributed by atoms with Crippen LogP contribution in [0.25, 0.3) is 10.4 Å². The Hall–Kier alpha value is -2.75. The Morgan fingerprint density at radius 1 is 1.26 bits per heavy atom. The molecular formula is C24H24ClF2N3O3S. The van der Waals surface area contributed by atoms with Crippen molar-refractivity contribution < 1.29 is 23.4 Å². The minimum atomic E-state index is -0.923. The van der Waals surface area contributed by atoms with Gasteiger partial charge >= 0.3 is 5.97 Å². The number of benzene rings is 2. The number of piperazine rings is 1. The number of aliphatic carboxylic acids is 1. The first-order chi connectivity index (χ1) is 16.3. The number of carbonyl (C=O) groups is 1. The molecule has 0 spiro atoms. The van der Waals surface area contributed by atoms with Crippen molar-refractivity contribution in [3.63, 3.8) is 0 Å². The van der Waals surface area contributed by atoms with Crippen molar-refractivity contribution in [3.8, 4) is 16.2 Å². The second-order valence-corrected chi connectivity index (χ2v) is 9.62. The van der Waals surface area contributed by atoms with E-state index >= 15 is 0 Å². The van der Waals surface area contributed by atoms with E-state index in [0.717, 1.165) is 36.9 Å². The molecule has 1 aliphatic heterocycles. The molecule has 0 bridgehead atoms. The number of carboxylic acid groups (broad SMARTS) is 1. The smallest absolute Gasteiger partial charge is 0.307 e. The third kappa shape index (κ3) is 6.02. The fraction of sp³-hybridized carbons (Fsp3) is 0.333. The predicted octanol–water partition coefficient (Wildman–Crippen LogP) is 4.96. The summed E-state index contributed by atoms with van der Waals surface area (Å²) in [7, 11) is 0. The van der Waals surface area contributed by atoms with Crippen LogP contribution < -0.4 is 9.64 Å². The molecule has 1 aromatic heterocycles. The van der Waals surface area contributed by atoms with Crippen molar-refractivity contribution in [2.75, 3.05) is 37.7 Å². The first-order valence-corrected chi connectivity index (χ1v) is 12.0. The zero-order valence-corrected chi connectivity index (χ0v) is 20.1. The Morgan fingerprint density at radius 2 is 2.09 bits per heavy atom. The third-order valence-corrected chi connectivity index (χ3v) is 6.97. The lowest BCUT2D eigenvalue weighted by molar-refractivity contribution is -0.136. The van der Waals surface area contributed by atoms with E-state index in [1.807, 2.05) is 0 Å². The highest BCUT2D eigenvalue weighted by Gasteiger charge is 2.25. The first-order valence-electron chi connectivity index (χ1n) is 10.8. The van der Waals surface area contributed by atoms with Crippen molar-refractivity contribution in [2.45, 2.75) is 19.4 Å². The lowest BCUT2D eigenvalue weighted by atomic mass is 10.1. The number of carboxylic acids is 1. The molecule has 0 amide bonds. The highest BCUT2D eigenvalue weighted by molar-refractivity contribution is 7.18. The monoisotopic (exact) mass is 507 g/mol. The Kier molecular flexibility index (Phi) is 7.65. The molecule has 3 aromatic rings. The fourth-order valence-corrected chi connectivity index (χ4v) is 5.20. The first kappa shape index (κ1) is 24.4. The van der Waals surface area contributed by atoms with E-state index < -0.39 is 17.6 Å². The molecule has 1 fully saturated rings. The summed E-state index contributed by atoms with van der Waals surface area (Å²) in [5.74, 6) is -1.32. The van der Waals surface area contributed by atoms with Crippen LogP contribution in [0.4, 0.5) is 13.9 Å². The average molecular weight is 508 g/mol. The van der Waals surface area contributed by atoms with Crippen LogP contribution >= 0.6 is 22.9 Å². The van der Waals surface area contributed by atoms with E-state index in [0.29, 0.717) is 34.4 Å². The van der Waals surface area contributed by atoms with Crippen LogP contribution in [-0.2, 0) is 11.2 Å². The number of hydrogen-bond donors (Lipinski definition) is 1. The van der Waals surface area contributed by atoms with Gasteiger partial charge in [-0.15, -0.1) is 0 Å². The summed E-state index contributed by atoms with van der Waals surface area (Å²) in [6.07, 6.45) is 1.48. The molecule has 2 aromatic carbocycles. The number of ether oxygens (including phenoxy) is 1. The van der Waals surface area contributed by atoms with Crippen LogP contribution in [0.2, 0.25) is 5.02 Å². The van der Waals surface area contributed by atoms with Crippen LogP contribution in [0.5, 0.6) is 5.75 Å². The van der Waals surface area contributed by atoms with Gasteiger partial charge in [0.05, 0.1) is 11.3 Å². The Labute approximate surface area is 205 Å². The molecular weight excluding hydrogens is 484 g/mol. The minimum Gasteiger partial charge on any atom is -0.492 e. The largest absolute Gasteiger partial charge is 0.492 e. The van der Waals surface area contributed by atoms with Crippen molar-refractivity contribution in [1.82, 2.24) is 9.88 Å². The van der Waals surface area contributed by atoms with E-state index in [4.69, 9.17) is 21.4 Å². The maximum absolute atomic E-state index is 14.1. The predicted molar refractivity (Wildman–Crippen MR) is 129 cm³/mol. The van der Waals surface area contributed by atoms with Gasteiger partial charge in [0.25, 0.3) is 0 Å². The van der Waals surface area contributed by atoms with Gasteiger partial charge in [0.2, 0.25) is 0 Å². The van der Waals surface area contributed by atoms with E-state index in [9.17, 15) is 13.6 Å². The number of hydrogen-bond acceptors (Lipinski definition) is 6. The zero-order valence-electron chi connectivity index (χ0n) is 18.5. The summed E-state index contributed by atoms with van der Waals surface area (Å²) in [5.41, 5.74) is 0.818. The number of aromatic nitrogens is 1. The number of thiazole rings is 1. The van der Waals surface area contributed by atoms with Crippen molar-refractivity contribution in [1.29, 1.82) is 0 Å². The van der Waals surface area contributed by atoms with E-state index in [2.05, 4.69) is 21.7 Å². The molecule has 34 heavy (non-hydrogen) atoms. The lowest BCUT2D eigenvalue weighted by Crippen LogP contribution is -2.52. The highest BCUT2D eigenvalue weighted by Crippen LogP contribution is 2.34. The van der Waals surface area contributed by atoms with Crippen LogP contribution in [0.1, 0.15) is 12.5 Å². The molecule has 10 heteroatoms. The van der Waals surface area contributed by atoms with Crippen LogP contribution in [-0.4, -0.2) is 59.8 Å². The standard InChI is InChI=1S/C24H24ClF2N3O3S/c1-15-14-30(24-28-13-22(34-24)20-12-18(26)2-3-21(20)27)5-4-29(15)6-7-33-19-9-16(10-23(31)32)8-17(25)11-19/h2-3,8-9,11-13,15H,4-7,10,14H2,1H3,(H,31,32)/t15-/m0/s1. The maximum Gasteiger partial charge on any atom is 0.307 e. The summed E-state index contributed by atoms with van der Waals surface area (Å²) in [5, 5.41) is 10.2. The molecule has 4 rings (SSSR count). The second kappa shape index (κ2) is 10.7. The highest BCUT2D eigenvalue weighted by atomic mass is 35.5. The number of nitrogens with zero attached hydrogens (tertiary/aromatic N) is 3. The topological polar surface area (TPSA) is 65.9 Å². The zero-order chi connectivity index (χ0) is 24.2. The summed E-state index contributed by atoms with van der Waals surface area (Å²) in [6.45, 7) is 5.57. The van der Waals surface area contributed by atoms with Gasteiger partial charge in [-0.25, -0.2) is 13.8 Å². The van der Waals surface area contributed by atoms with Gasteiger partial charge in [-0.3, -0.25) is 9.69 Å². The summed E-state index contributed by atoms with van der Waals surface area (Å²) < 4.78 is 33.5. The molecule has 1 N–H and O–H groups in total. The van der Waals surface area contributed by atoms with Gasteiger partial charge < -0.3 is 14.7 Å². The molecule has 6 nitrogen and oxygen atoms in total. The molecule has 1 saturated heterocycles. The minimum absolute atomic E-state index is 0.111. The normalized spacial score (nSPS) is 16.6. The van der Waals surface area contributed by atoms with E-state index in [-0.39, 0.29) is 18.0 Å². The Morgan fingerprint density at radius 3 is 2.85 bits per heavy atom. The van der Waals surface area contributed by atoms with Gasteiger partial charge in [-0.1, -0.05) is 22.9 Å². The number of halogens is 3. The third-order valence-electron chi connectivity index (χ3n) is 5.66. The average Bonchev–Trinajstić information content (AvgIpc) is 3.26. The van der Waals surface area contributed by atoms with Gasteiger partial charge in [0.1, 0.15) is 24.0 Å². The number of anilines is 1. The van der Waals surface area contributed by atoms with Gasteiger partial charge in [-0.2, -0.15) is 0 Å².